The Balaban J connectivity index is 1.89. The van der Waals surface area contributed by atoms with Crippen molar-refractivity contribution in [1.29, 1.82) is 0 Å². The van der Waals surface area contributed by atoms with Crippen LogP contribution in [0.25, 0.3) is 0 Å². The lowest BCUT2D eigenvalue weighted by Gasteiger charge is -2.16. The number of amides is 1. The molecular weight excluding hydrogens is 258 g/mol. The number of hydrogen-bond donors (Lipinski definition) is 1. The third-order valence-corrected chi connectivity index (χ3v) is 4.08. The average molecular weight is 280 g/mol. The first-order chi connectivity index (χ1) is 9.04. The molecule has 0 unspecified atom stereocenters. The van der Waals surface area contributed by atoms with Crippen molar-refractivity contribution < 1.29 is 4.79 Å². The van der Waals surface area contributed by atoms with Crippen molar-refractivity contribution in [2.24, 2.45) is 5.92 Å². The number of rotatable bonds is 6. The first-order valence-corrected chi connectivity index (χ1v) is 7.47. The molecule has 0 aromatic heterocycles. The molecule has 3 heteroatoms. The molecule has 0 heterocycles. The summed E-state index contributed by atoms with van der Waals surface area (Å²) >= 11 is 5.89. The third kappa shape index (κ3) is 3.50. The van der Waals surface area contributed by atoms with E-state index in [1.54, 1.807) is 0 Å². The molecule has 104 valence electrons. The maximum atomic E-state index is 12.3. The summed E-state index contributed by atoms with van der Waals surface area (Å²) < 4.78 is 0. The zero-order chi connectivity index (χ0) is 13.9. The smallest absolute Gasteiger partial charge is 0.230 e. The SMILES string of the molecule is CC(C)CCCNC(=O)C1(c2ccc(Cl)cc2)CC1. The van der Waals surface area contributed by atoms with E-state index >= 15 is 0 Å². The van der Waals surface area contributed by atoms with Crippen LogP contribution in [0.5, 0.6) is 0 Å². The van der Waals surface area contributed by atoms with Gasteiger partial charge < -0.3 is 5.32 Å². The monoisotopic (exact) mass is 279 g/mol. The fraction of sp³-hybridized carbons (Fsp3) is 0.562. The number of hydrogen-bond acceptors (Lipinski definition) is 1. The molecular formula is C16H22ClNO. The molecule has 1 saturated carbocycles. The van der Waals surface area contributed by atoms with Crippen LogP contribution in [0.1, 0.15) is 45.1 Å². The number of carbonyl (C=O) groups is 1. The van der Waals surface area contributed by atoms with Crippen LogP contribution in [-0.2, 0) is 10.2 Å². The summed E-state index contributed by atoms with van der Waals surface area (Å²) in [5, 5.41) is 3.80. The van der Waals surface area contributed by atoms with E-state index in [9.17, 15) is 4.79 Å². The van der Waals surface area contributed by atoms with Crippen LogP contribution in [0, 0.1) is 5.92 Å². The molecule has 0 spiro atoms. The Morgan fingerprint density at radius 3 is 2.47 bits per heavy atom. The highest BCUT2D eigenvalue weighted by Gasteiger charge is 2.50. The Hall–Kier alpha value is -1.02. The predicted molar refractivity (Wildman–Crippen MR) is 79.4 cm³/mol. The van der Waals surface area contributed by atoms with Gasteiger partial charge in [0.05, 0.1) is 5.41 Å². The molecule has 1 fully saturated rings. The lowest BCUT2D eigenvalue weighted by atomic mass is 9.95. The van der Waals surface area contributed by atoms with E-state index in [0.717, 1.165) is 42.8 Å². The van der Waals surface area contributed by atoms with Crippen molar-refractivity contribution >= 4 is 17.5 Å². The van der Waals surface area contributed by atoms with Crippen LogP contribution in [0.4, 0.5) is 0 Å². The quantitative estimate of drug-likeness (QED) is 0.786. The Kier molecular flexibility index (Phi) is 4.51. The summed E-state index contributed by atoms with van der Waals surface area (Å²) in [5.41, 5.74) is 0.820. The number of benzene rings is 1. The molecule has 0 radical (unpaired) electrons. The molecule has 0 saturated heterocycles. The maximum Gasteiger partial charge on any atom is 0.230 e. The van der Waals surface area contributed by atoms with E-state index in [0.29, 0.717) is 5.92 Å². The van der Waals surface area contributed by atoms with Gasteiger partial charge in [-0.15, -0.1) is 0 Å². The van der Waals surface area contributed by atoms with E-state index in [-0.39, 0.29) is 11.3 Å². The molecule has 0 atom stereocenters. The lowest BCUT2D eigenvalue weighted by Crippen LogP contribution is -2.35. The topological polar surface area (TPSA) is 29.1 Å². The predicted octanol–water partition coefficient (Wildman–Crippen LogP) is 3.92. The summed E-state index contributed by atoms with van der Waals surface area (Å²) in [6.07, 6.45) is 4.11. The van der Waals surface area contributed by atoms with Gasteiger partial charge in [0, 0.05) is 11.6 Å². The summed E-state index contributed by atoms with van der Waals surface area (Å²) in [4.78, 5) is 12.3. The van der Waals surface area contributed by atoms with E-state index in [2.05, 4.69) is 19.2 Å². The maximum absolute atomic E-state index is 12.3. The van der Waals surface area contributed by atoms with Crippen LogP contribution in [0.15, 0.2) is 24.3 Å². The van der Waals surface area contributed by atoms with E-state index in [1.807, 2.05) is 24.3 Å². The van der Waals surface area contributed by atoms with Crippen LogP contribution >= 0.6 is 11.6 Å². The van der Waals surface area contributed by atoms with Gasteiger partial charge in [0.1, 0.15) is 0 Å². The fourth-order valence-corrected chi connectivity index (χ4v) is 2.55. The summed E-state index contributed by atoms with van der Waals surface area (Å²) in [6, 6.07) is 7.68. The molecule has 1 N–H and O–H groups in total. The number of nitrogens with one attached hydrogen (secondary N) is 1. The van der Waals surface area contributed by atoms with Crippen molar-refractivity contribution in [2.75, 3.05) is 6.54 Å². The summed E-state index contributed by atoms with van der Waals surface area (Å²) in [5.74, 6) is 0.877. The first-order valence-electron chi connectivity index (χ1n) is 7.09. The molecule has 2 nitrogen and oxygen atoms in total. The van der Waals surface area contributed by atoms with Gasteiger partial charge >= 0.3 is 0 Å². The molecule has 1 aromatic carbocycles. The van der Waals surface area contributed by atoms with Gasteiger partial charge in [0.25, 0.3) is 0 Å². The first kappa shape index (κ1) is 14.4. The van der Waals surface area contributed by atoms with Crippen molar-refractivity contribution in [3.63, 3.8) is 0 Å². The minimum Gasteiger partial charge on any atom is -0.355 e. The van der Waals surface area contributed by atoms with Gasteiger partial charge in [-0.25, -0.2) is 0 Å². The molecule has 2 rings (SSSR count). The Labute approximate surface area is 120 Å². The van der Waals surface area contributed by atoms with Gasteiger partial charge in [-0.05, 0) is 49.3 Å². The minimum absolute atomic E-state index is 0.179. The van der Waals surface area contributed by atoms with Gasteiger partial charge in [0.15, 0.2) is 0 Å². The minimum atomic E-state index is -0.275. The van der Waals surface area contributed by atoms with Gasteiger partial charge in [0.2, 0.25) is 5.91 Å². The van der Waals surface area contributed by atoms with E-state index < -0.39 is 0 Å². The second-order valence-corrected chi connectivity index (χ2v) is 6.32. The van der Waals surface area contributed by atoms with Crippen LogP contribution in [0.3, 0.4) is 0 Å². The molecule has 0 bridgehead atoms. The van der Waals surface area contributed by atoms with E-state index in [1.165, 1.54) is 0 Å². The number of carbonyl (C=O) groups excluding carboxylic acids is 1. The molecule has 1 aromatic rings. The van der Waals surface area contributed by atoms with Gasteiger partial charge in [-0.2, -0.15) is 0 Å². The number of halogens is 1. The van der Waals surface area contributed by atoms with Crippen molar-refractivity contribution in [3.8, 4) is 0 Å². The Morgan fingerprint density at radius 1 is 1.32 bits per heavy atom. The third-order valence-electron chi connectivity index (χ3n) is 3.83. The van der Waals surface area contributed by atoms with Crippen molar-refractivity contribution in [2.45, 2.75) is 44.9 Å². The zero-order valence-corrected chi connectivity index (χ0v) is 12.5. The van der Waals surface area contributed by atoms with Crippen LogP contribution < -0.4 is 5.32 Å². The van der Waals surface area contributed by atoms with Crippen molar-refractivity contribution in [3.05, 3.63) is 34.9 Å². The summed E-state index contributed by atoms with van der Waals surface area (Å²) in [7, 11) is 0. The largest absolute Gasteiger partial charge is 0.355 e. The fourth-order valence-electron chi connectivity index (χ4n) is 2.42. The van der Waals surface area contributed by atoms with E-state index in [4.69, 9.17) is 11.6 Å². The molecule has 1 aliphatic rings. The second-order valence-electron chi connectivity index (χ2n) is 5.88. The van der Waals surface area contributed by atoms with Crippen molar-refractivity contribution in [1.82, 2.24) is 5.32 Å². The average Bonchev–Trinajstić information content (AvgIpc) is 3.16. The highest BCUT2D eigenvalue weighted by molar-refractivity contribution is 6.30. The molecule has 19 heavy (non-hydrogen) atoms. The van der Waals surface area contributed by atoms with Gasteiger partial charge in [-0.3, -0.25) is 4.79 Å². The molecule has 0 aliphatic heterocycles. The normalized spacial score (nSPS) is 16.4. The van der Waals surface area contributed by atoms with Crippen LogP contribution in [0.2, 0.25) is 5.02 Å². The summed E-state index contributed by atoms with van der Waals surface area (Å²) in [6.45, 7) is 5.20. The molecule has 1 aliphatic carbocycles. The van der Waals surface area contributed by atoms with Crippen LogP contribution in [-0.4, -0.2) is 12.5 Å². The Bertz CT molecular complexity index is 435. The Morgan fingerprint density at radius 2 is 1.95 bits per heavy atom. The van der Waals surface area contributed by atoms with Gasteiger partial charge in [-0.1, -0.05) is 37.6 Å². The zero-order valence-electron chi connectivity index (χ0n) is 11.7. The highest BCUT2D eigenvalue weighted by Crippen LogP contribution is 2.48. The second kappa shape index (κ2) is 5.96. The standard InChI is InChI=1S/C16H22ClNO/c1-12(2)4-3-11-18-15(19)16(9-10-16)13-5-7-14(17)8-6-13/h5-8,12H,3-4,9-11H2,1-2H3,(H,18,19). The lowest BCUT2D eigenvalue weighted by molar-refractivity contribution is -0.123. The highest BCUT2D eigenvalue weighted by atomic mass is 35.5. The molecule has 1 amide bonds.